The Bertz CT molecular complexity index is 743. The van der Waals surface area contributed by atoms with Crippen LogP contribution in [0.25, 0.3) is 21.6 Å². The van der Waals surface area contributed by atoms with E-state index in [0.717, 1.165) is 27.1 Å². The Morgan fingerprint density at radius 2 is 2.11 bits per heavy atom. The smallest absolute Gasteiger partial charge is 0.173 e. The van der Waals surface area contributed by atoms with Crippen LogP contribution in [0, 0.1) is 6.92 Å². The van der Waals surface area contributed by atoms with Crippen LogP contribution < -0.4 is 4.74 Å². The molecule has 4 nitrogen and oxygen atoms in total. The second-order valence-electron chi connectivity index (χ2n) is 4.04. The van der Waals surface area contributed by atoms with Crippen LogP contribution in [0.2, 0.25) is 5.15 Å². The van der Waals surface area contributed by atoms with Crippen LogP contribution in [0.3, 0.4) is 0 Å². The van der Waals surface area contributed by atoms with E-state index in [1.165, 1.54) is 11.3 Å². The normalized spacial score (nSPS) is 10.9. The lowest BCUT2D eigenvalue weighted by Crippen LogP contribution is -1.94. The molecule has 0 aliphatic heterocycles. The quantitative estimate of drug-likeness (QED) is 0.675. The maximum atomic E-state index is 6.26. The van der Waals surface area contributed by atoms with Crippen molar-refractivity contribution in [2.45, 2.75) is 6.92 Å². The standard InChI is InChI=1S/C13H10ClN3OS/c1-7-3-8(18-2)4-9-11(7)16-13(17-12(9)14)10-5-15-6-19-10/h3-6H,1-2H3. The predicted molar refractivity (Wildman–Crippen MR) is 76.9 cm³/mol. The van der Waals surface area contributed by atoms with E-state index in [-0.39, 0.29) is 0 Å². The third-order valence-corrected chi connectivity index (χ3v) is 3.86. The molecule has 0 aliphatic carbocycles. The highest BCUT2D eigenvalue weighted by Gasteiger charge is 2.12. The molecular weight excluding hydrogens is 282 g/mol. The van der Waals surface area contributed by atoms with Crippen molar-refractivity contribution in [2.24, 2.45) is 0 Å². The van der Waals surface area contributed by atoms with E-state index in [9.17, 15) is 0 Å². The summed E-state index contributed by atoms with van der Waals surface area (Å²) in [5.74, 6) is 1.36. The zero-order valence-electron chi connectivity index (χ0n) is 10.3. The Balaban J connectivity index is 2.29. The minimum Gasteiger partial charge on any atom is -0.497 e. The van der Waals surface area contributed by atoms with Crippen LogP contribution in [0.4, 0.5) is 0 Å². The zero-order chi connectivity index (χ0) is 13.4. The summed E-state index contributed by atoms with van der Waals surface area (Å²) in [6, 6.07) is 3.78. The molecule has 2 aromatic heterocycles. The largest absolute Gasteiger partial charge is 0.497 e. The molecule has 0 radical (unpaired) electrons. The van der Waals surface area contributed by atoms with Gasteiger partial charge in [0.15, 0.2) is 5.82 Å². The average Bonchev–Trinajstić information content (AvgIpc) is 2.93. The van der Waals surface area contributed by atoms with Gasteiger partial charge in [0.1, 0.15) is 10.9 Å². The molecule has 6 heteroatoms. The first-order valence-corrected chi connectivity index (χ1v) is 6.85. The number of aromatic nitrogens is 3. The first-order valence-electron chi connectivity index (χ1n) is 5.60. The van der Waals surface area contributed by atoms with Crippen molar-refractivity contribution in [1.82, 2.24) is 15.0 Å². The molecule has 3 rings (SSSR count). The zero-order valence-corrected chi connectivity index (χ0v) is 11.9. The number of methoxy groups -OCH3 is 1. The lowest BCUT2D eigenvalue weighted by molar-refractivity contribution is 0.415. The fourth-order valence-electron chi connectivity index (χ4n) is 1.89. The molecule has 96 valence electrons. The van der Waals surface area contributed by atoms with Gasteiger partial charge in [-0.1, -0.05) is 11.6 Å². The number of ether oxygens (including phenoxy) is 1. The maximum absolute atomic E-state index is 6.26. The fraction of sp³-hybridized carbons (Fsp3) is 0.154. The number of halogens is 1. The first kappa shape index (κ1) is 12.3. The number of thiazole rings is 1. The van der Waals surface area contributed by atoms with Crippen LogP contribution in [0.5, 0.6) is 5.75 Å². The molecule has 2 heterocycles. The van der Waals surface area contributed by atoms with Crippen LogP contribution in [-0.4, -0.2) is 22.1 Å². The summed E-state index contributed by atoms with van der Waals surface area (Å²) in [5, 5.41) is 1.22. The highest BCUT2D eigenvalue weighted by molar-refractivity contribution is 7.13. The van der Waals surface area contributed by atoms with Crippen LogP contribution in [0.1, 0.15) is 5.56 Å². The molecule has 0 N–H and O–H groups in total. The van der Waals surface area contributed by atoms with Gasteiger partial charge in [0.2, 0.25) is 0 Å². The molecule has 0 atom stereocenters. The van der Waals surface area contributed by atoms with Gasteiger partial charge in [-0.05, 0) is 24.6 Å². The van der Waals surface area contributed by atoms with Gasteiger partial charge >= 0.3 is 0 Å². The number of benzene rings is 1. The second kappa shape index (κ2) is 4.75. The van der Waals surface area contributed by atoms with Crippen molar-refractivity contribution >= 4 is 33.8 Å². The number of rotatable bonds is 2. The Morgan fingerprint density at radius 3 is 2.79 bits per heavy atom. The molecule has 3 aromatic rings. The van der Waals surface area contributed by atoms with E-state index in [4.69, 9.17) is 16.3 Å². The van der Waals surface area contributed by atoms with Crippen LogP contribution >= 0.6 is 22.9 Å². The molecule has 0 saturated carbocycles. The van der Waals surface area contributed by atoms with Crippen LogP contribution in [-0.2, 0) is 0 Å². The van der Waals surface area contributed by atoms with Crippen LogP contribution in [0.15, 0.2) is 23.8 Å². The van der Waals surface area contributed by atoms with Gasteiger partial charge in [0, 0.05) is 11.6 Å². The Hall–Kier alpha value is -1.72. The summed E-state index contributed by atoms with van der Waals surface area (Å²) in [6.07, 6.45) is 1.74. The van der Waals surface area contributed by atoms with Gasteiger partial charge in [-0.15, -0.1) is 11.3 Å². The molecule has 0 amide bonds. The summed E-state index contributed by atoms with van der Waals surface area (Å²) in [7, 11) is 1.63. The van der Waals surface area contributed by atoms with Crippen molar-refractivity contribution in [3.8, 4) is 16.5 Å². The van der Waals surface area contributed by atoms with E-state index >= 15 is 0 Å². The summed E-state index contributed by atoms with van der Waals surface area (Å²) < 4.78 is 5.24. The van der Waals surface area contributed by atoms with Crippen molar-refractivity contribution < 1.29 is 4.74 Å². The minimum absolute atomic E-state index is 0.426. The third-order valence-electron chi connectivity index (χ3n) is 2.81. The predicted octanol–water partition coefficient (Wildman–Crippen LogP) is 3.72. The van der Waals surface area contributed by atoms with Gasteiger partial charge in [-0.2, -0.15) is 0 Å². The van der Waals surface area contributed by atoms with Gasteiger partial charge in [0.05, 0.1) is 23.0 Å². The molecule has 1 aromatic carbocycles. The van der Waals surface area contributed by atoms with E-state index in [1.54, 1.807) is 18.8 Å². The lowest BCUT2D eigenvalue weighted by Gasteiger charge is -2.08. The van der Waals surface area contributed by atoms with Gasteiger partial charge in [-0.25, -0.2) is 9.97 Å². The van der Waals surface area contributed by atoms with Crippen molar-refractivity contribution in [2.75, 3.05) is 7.11 Å². The first-order chi connectivity index (χ1) is 9.19. The second-order valence-corrected chi connectivity index (χ2v) is 5.29. The third kappa shape index (κ3) is 2.15. The minimum atomic E-state index is 0.426. The summed E-state index contributed by atoms with van der Waals surface area (Å²) >= 11 is 7.74. The molecule has 0 fully saturated rings. The highest BCUT2D eigenvalue weighted by Crippen LogP contribution is 2.31. The summed E-state index contributed by atoms with van der Waals surface area (Å²) in [4.78, 5) is 13.8. The highest BCUT2D eigenvalue weighted by atomic mass is 35.5. The van der Waals surface area contributed by atoms with Crippen molar-refractivity contribution in [3.63, 3.8) is 0 Å². The molecule has 0 spiro atoms. The topological polar surface area (TPSA) is 47.9 Å². The average molecular weight is 292 g/mol. The monoisotopic (exact) mass is 291 g/mol. The molecule has 0 unspecified atom stereocenters. The van der Waals surface area contributed by atoms with Gasteiger partial charge in [0.25, 0.3) is 0 Å². The summed E-state index contributed by atoms with van der Waals surface area (Å²) in [6.45, 7) is 1.98. The molecule has 0 aliphatic rings. The van der Waals surface area contributed by atoms with Crippen molar-refractivity contribution in [3.05, 3.63) is 34.6 Å². The van der Waals surface area contributed by atoms with Gasteiger partial charge in [-0.3, -0.25) is 4.98 Å². The Labute approximate surface area is 119 Å². The lowest BCUT2D eigenvalue weighted by atomic mass is 10.1. The van der Waals surface area contributed by atoms with E-state index in [2.05, 4.69) is 15.0 Å². The number of hydrogen-bond donors (Lipinski definition) is 0. The number of aryl methyl sites for hydroxylation is 1. The molecule has 19 heavy (non-hydrogen) atoms. The van der Waals surface area contributed by atoms with E-state index in [1.807, 2.05) is 19.1 Å². The fourth-order valence-corrected chi connectivity index (χ4v) is 2.67. The molecule has 0 bridgehead atoms. The number of fused-ring (bicyclic) bond motifs is 1. The van der Waals surface area contributed by atoms with Crippen molar-refractivity contribution in [1.29, 1.82) is 0 Å². The number of nitrogens with zero attached hydrogens (tertiary/aromatic N) is 3. The summed E-state index contributed by atoms with van der Waals surface area (Å²) in [5.41, 5.74) is 3.59. The molecular formula is C13H10ClN3OS. The number of hydrogen-bond acceptors (Lipinski definition) is 5. The van der Waals surface area contributed by atoms with E-state index in [0.29, 0.717) is 11.0 Å². The molecule has 0 saturated heterocycles. The SMILES string of the molecule is COc1cc(C)c2nc(-c3cncs3)nc(Cl)c2c1. The Morgan fingerprint density at radius 1 is 1.26 bits per heavy atom. The Kier molecular flexibility index (Phi) is 3.08. The maximum Gasteiger partial charge on any atom is 0.173 e. The van der Waals surface area contributed by atoms with Gasteiger partial charge < -0.3 is 4.74 Å². The van der Waals surface area contributed by atoms with E-state index < -0.39 is 0 Å².